The van der Waals surface area contributed by atoms with Crippen LogP contribution in [0.15, 0.2) is 67.0 Å². The van der Waals surface area contributed by atoms with E-state index in [-0.39, 0.29) is 0 Å². The van der Waals surface area contributed by atoms with E-state index in [0.29, 0.717) is 12.3 Å². The van der Waals surface area contributed by atoms with Gasteiger partial charge in [0, 0.05) is 19.7 Å². The maximum Gasteiger partial charge on any atom is 0.412 e. The Morgan fingerprint density at radius 3 is 2.88 bits per heavy atom. The zero-order valence-corrected chi connectivity index (χ0v) is 13.8. The predicted molar refractivity (Wildman–Crippen MR) is 97.5 cm³/mol. The average Bonchev–Trinajstić information content (AvgIpc) is 3.00. The fourth-order valence-corrected chi connectivity index (χ4v) is 2.94. The summed E-state index contributed by atoms with van der Waals surface area (Å²) in [6.07, 6.45) is 1.25. The van der Waals surface area contributed by atoms with Crippen LogP contribution in [-0.4, -0.2) is 15.6 Å². The highest BCUT2D eigenvalue weighted by atomic mass is 16.6. The Bertz CT molecular complexity index is 1060. The number of amides is 1. The molecule has 4 rings (SSSR count). The molecule has 0 fully saturated rings. The summed E-state index contributed by atoms with van der Waals surface area (Å²) in [7, 11) is 1.92. The number of hydrogen-bond acceptors (Lipinski definition) is 3. The third-order valence-corrected chi connectivity index (χ3v) is 4.21. The molecule has 0 aliphatic rings. The van der Waals surface area contributed by atoms with Crippen molar-refractivity contribution in [3.05, 3.63) is 72.6 Å². The fraction of sp³-hybridized carbons (Fsp3) is 0.100. The lowest BCUT2D eigenvalue weighted by molar-refractivity contribution is 0.200. The number of hydrogen-bond donors (Lipinski definition) is 1. The number of carbonyl (C=O) groups is 1. The molecular formula is C20H17N3O2. The highest BCUT2D eigenvalue weighted by molar-refractivity contribution is 5.86. The van der Waals surface area contributed by atoms with Gasteiger partial charge >= 0.3 is 6.09 Å². The van der Waals surface area contributed by atoms with E-state index in [2.05, 4.69) is 22.4 Å². The number of imidazole rings is 1. The normalized spacial score (nSPS) is 10.9. The summed E-state index contributed by atoms with van der Waals surface area (Å²) < 4.78 is 7.28. The summed E-state index contributed by atoms with van der Waals surface area (Å²) in [4.78, 5) is 16.4. The number of nitrogens with zero attached hydrogens (tertiary/aromatic N) is 2. The molecule has 0 radical (unpaired) electrons. The van der Waals surface area contributed by atoms with Crippen LogP contribution in [0.1, 0.15) is 5.56 Å². The molecule has 0 bridgehead atoms. The van der Waals surface area contributed by atoms with Crippen LogP contribution in [0.2, 0.25) is 0 Å². The highest BCUT2D eigenvalue weighted by Gasteiger charge is 2.08. The molecule has 5 nitrogen and oxygen atoms in total. The first-order valence-electron chi connectivity index (χ1n) is 8.04. The van der Waals surface area contributed by atoms with Crippen molar-refractivity contribution < 1.29 is 9.53 Å². The number of benzene rings is 3. The van der Waals surface area contributed by atoms with E-state index >= 15 is 0 Å². The smallest absolute Gasteiger partial charge is 0.410 e. The van der Waals surface area contributed by atoms with Gasteiger partial charge in [-0.25, -0.2) is 9.78 Å². The van der Waals surface area contributed by atoms with Crippen molar-refractivity contribution in [2.24, 2.45) is 7.05 Å². The number of ether oxygens (including phenoxy) is 1. The molecule has 4 aromatic rings. The van der Waals surface area contributed by atoms with Gasteiger partial charge in [0.25, 0.3) is 0 Å². The Morgan fingerprint density at radius 2 is 1.96 bits per heavy atom. The number of aryl methyl sites for hydroxylation is 1. The standard InChI is InChI=1S/C20H17N3O2/c1-23-13-22-18-11-16(9-10-19(18)23)25-20(24)21-12-15-7-4-6-14-5-2-3-8-17(14)15/h2-11,13H,12H2,1H3,(H,21,24). The van der Waals surface area contributed by atoms with Crippen molar-refractivity contribution in [1.82, 2.24) is 14.9 Å². The summed E-state index contributed by atoms with van der Waals surface area (Å²) in [5, 5.41) is 5.08. The van der Waals surface area contributed by atoms with E-state index in [0.717, 1.165) is 27.4 Å². The zero-order valence-electron chi connectivity index (χ0n) is 13.8. The summed E-state index contributed by atoms with van der Waals surface area (Å²) in [5.41, 5.74) is 2.83. The molecular weight excluding hydrogens is 314 g/mol. The van der Waals surface area contributed by atoms with Gasteiger partial charge in [-0.2, -0.15) is 0 Å². The predicted octanol–water partition coefficient (Wildman–Crippen LogP) is 4.02. The van der Waals surface area contributed by atoms with Gasteiger partial charge in [-0.1, -0.05) is 42.5 Å². The van der Waals surface area contributed by atoms with E-state index < -0.39 is 6.09 Å². The lowest BCUT2D eigenvalue weighted by atomic mass is 10.0. The molecule has 25 heavy (non-hydrogen) atoms. The second-order valence-corrected chi connectivity index (χ2v) is 5.89. The number of fused-ring (bicyclic) bond motifs is 2. The first kappa shape index (κ1) is 15.2. The van der Waals surface area contributed by atoms with Crippen LogP contribution < -0.4 is 10.1 Å². The van der Waals surface area contributed by atoms with E-state index in [1.165, 1.54) is 0 Å². The molecule has 0 atom stereocenters. The van der Waals surface area contributed by atoms with Gasteiger partial charge in [0.2, 0.25) is 0 Å². The minimum atomic E-state index is -0.483. The van der Waals surface area contributed by atoms with Crippen LogP contribution in [0.3, 0.4) is 0 Å². The van der Waals surface area contributed by atoms with Crippen molar-refractivity contribution in [3.8, 4) is 5.75 Å². The molecule has 124 valence electrons. The van der Waals surface area contributed by atoms with Crippen LogP contribution in [0.4, 0.5) is 4.79 Å². The van der Waals surface area contributed by atoms with E-state index in [4.69, 9.17) is 4.74 Å². The Morgan fingerprint density at radius 1 is 1.12 bits per heavy atom. The van der Waals surface area contributed by atoms with Crippen LogP contribution in [0.5, 0.6) is 5.75 Å². The molecule has 0 spiro atoms. The lowest BCUT2D eigenvalue weighted by Crippen LogP contribution is -2.26. The summed E-state index contributed by atoms with van der Waals surface area (Å²) in [6, 6.07) is 19.5. The van der Waals surface area contributed by atoms with Gasteiger partial charge in [0.15, 0.2) is 0 Å². The van der Waals surface area contributed by atoms with Crippen molar-refractivity contribution in [3.63, 3.8) is 0 Å². The Labute approximate surface area is 144 Å². The minimum Gasteiger partial charge on any atom is -0.410 e. The Kier molecular flexibility index (Phi) is 3.82. The van der Waals surface area contributed by atoms with Gasteiger partial charge in [-0.3, -0.25) is 0 Å². The average molecular weight is 331 g/mol. The fourth-order valence-electron chi connectivity index (χ4n) is 2.94. The molecule has 1 aromatic heterocycles. The van der Waals surface area contributed by atoms with E-state index in [9.17, 15) is 4.79 Å². The van der Waals surface area contributed by atoms with Gasteiger partial charge < -0.3 is 14.6 Å². The van der Waals surface area contributed by atoms with Crippen LogP contribution >= 0.6 is 0 Å². The second-order valence-electron chi connectivity index (χ2n) is 5.89. The molecule has 0 saturated carbocycles. The minimum absolute atomic E-state index is 0.409. The first-order chi connectivity index (χ1) is 12.2. The van der Waals surface area contributed by atoms with Crippen LogP contribution in [-0.2, 0) is 13.6 Å². The molecule has 1 amide bonds. The molecule has 3 aromatic carbocycles. The zero-order chi connectivity index (χ0) is 17.2. The molecule has 0 saturated heterocycles. The van der Waals surface area contributed by atoms with Crippen molar-refractivity contribution in [2.75, 3.05) is 0 Å². The van der Waals surface area contributed by atoms with Gasteiger partial charge in [0.1, 0.15) is 5.75 Å². The number of nitrogens with one attached hydrogen (secondary N) is 1. The van der Waals surface area contributed by atoms with Crippen LogP contribution in [0, 0.1) is 0 Å². The molecule has 0 aliphatic carbocycles. The maximum absolute atomic E-state index is 12.1. The third kappa shape index (κ3) is 3.04. The lowest BCUT2D eigenvalue weighted by Gasteiger charge is -2.09. The van der Waals surface area contributed by atoms with Crippen molar-refractivity contribution in [2.45, 2.75) is 6.54 Å². The number of rotatable bonds is 3. The molecule has 5 heteroatoms. The summed E-state index contributed by atoms with van der Waals surface area (Å²) in [6.45, 7) is 0.409. The maximum atomic E-state index is 12.1. The molecule has 0 unspecified atom stereocenters. The molecule has 0 aliphatic heterocycles. The van der Waals surface area contributed by atoms with Gasteiger partial charge in [-0.05, 0) is 28.5 Å². The van der Waals surface area contributed by atoms with Gasteiger partial charge in [0.05, 0.1) is 17.4 Å². The van der Waals surface area contributed by atoms with Crippen molar-refractivity contribution >= 4 is 27.9 Å². The SMILES string of the molecule is Cn1cnc2cc(OC(=O)NCc3cccc4ccccc34)ccc21. The second kappa shape index (κ2) is 6.28. The van der Waals surface area contributed by atoms with E-state index in [1.807, 2.05) is 48.0 Å². The molecule has 1 heterocycles. The third-order valence-electron chi connectivity index (χ3n) is 4.21. The van der Waals surface area contributed by atoms with Gasteiger partial charge in [-0.15, -0.1) is 0 Å². The van der Waals surface area contributed by atoms with Crippen molar-refractivity contribution in [1.29, 1.82) is 0 Å². The Balaban J connectivity index is 1.46. The number of aromatic nitrogens is 2. The largest absolute Gasteiger partial charge is 0.412 e. The molecule has 1 N–H and O–H groups in total. The Hall–Kier alpha value is -3.34. The summed E-state index contributed by atoms with van der Waals surface area (Å²) in [5.74, 6) is 0.474. The first-order valence-corrected chi connectivity index (χ1v) is 8.04. The topological polar surface area (TPSA) is 56.2 Å². The highest BCUT2D eigenvalue weighted by Crippen LogP contribution is 2.20. The summed E-state index contributed by atoms with van der Waals surface area (Å²) >= 11 is 0. The van der Waals surface area contributed by atoms with Crippen LogP contribution in [0.25, 0.3) is 21.8 Å². The quantitative estimate of drug-likeness (QED) is 0.617. The van der Waals surface area contributed by atoms with E-state index in [1.54, 1.807) is 18.5 Å². The number of carbonyl (C=O) groups excluding carboxylic acids is 1. The monoisotopic (exact) mass is 331 g/mol.